The Bertz CT molecular complexity index is 419. The van der Waals surface area contributed by atoms with Crippen molar-refractivity contribution in [2.24, 2.45) is 0 Å². The molecule has 1 fully saturated rings. The zero-order valence-electron chi connectivity index (χ0n) is 13.9. The fourth-order valence-corrected chi connectivity index (χ4v) is 2.50. The quantitative estimate of drug-likeness (QED) is 0.321. The maximum absolute atomic E-state index is 12.1. The zero-order valence-corrected chi connectivity index (χ0v) is 14.7. The topological polar surface area (TPSA) is 97.0 Å². The van der Waals surface area contributed by atoms with Crippen molar-refractivity contribution in [2.45, 2.75) is 51.4 Å². The van der Waals surface area contributed by atoms with E-state index in [9.17, 15) is 14.4 Å². The molecule has 132 valence electrons. The Balaban J connectivity index is 2.50. The number of nitrogens with one attached hydrogen (secondary N) is 2. The van der Waals surface area contributed by atoms with Crippen LogP contribution in [0.15, 0.2) is 0 Å². The summed E-state index contributed by atoms with van der Waals surface area (Å²) < 4.78 is 9.86. The number of epoxide rings is 1. The smallest absolute Gasteiger partial charge is 0.338 e. The van der Waals surface area contributed by atoms with Gasteiger partial charge in [-0.05, 0) is 38.2 Å². The van der Waals surface area contributed by atoms with Gasteiger partial charge < -0.3 is 20.1 Å². The SMILES string of the molecule is CCCNC(=O)[C@H](CCCSC)NC(=O)[C@H]1O[C@@H]1C(=O)OCC. The molecule has 0 aromatic carbocycles. The van der Waals surface area contributed by atoms with E-state index in [1.54, 1.807) is 18.7 Å². The second-order valence-electron chi connectivity index (χ2n) is 5.22. The summed E-state index contributed by atoms with van der Waals surface area (Å²) in [5.41, 5.74) is 0. The summed E-state index contributed by atoms with van der Waals surface area (Å²) in [5, 5.41) is 5.47. The Kier molecular flexibility index (Phi) is 9.01. The number of esters is 1. The van der Waals surface area contributed by atoms with Gasteiger partial charge in [0, 0.05) is 6.54 Å². The number of carbonyl (C=O) groups is 3. The standard InChI is InChI=1S/C15H26N2O5S/c1-4-8-16-13(18)10(7-6-9-23-3)17-14(19)11-12(22-11)15(20)21-5-2/h10-12H,4-9H2,1-3H3,(H,16,18)(H,17,19)/t10-,11-,12-/m0/s1. The van der Waals surface area contributed by atoms with Crippen molar-refractivity contribution in [3.05, 3.63) is 0 Å². The second-order valence-corrected chi connectivity index (χ2v) is 6.20. The summed E-state index contributed by atoms with van der Waals surface area (Å²) in [6, 6.07) is -0.603. The monoisotopic (exact) mass is 346 g/mol. The van der Waals surface area contributed by atoms with E-state index >= 15 is 0 Å². The number of carbonyl (C=O) groups excluding carboxylic acids is 3. The Labute approximate surface area is 141 Å². The first-order chi connectivity index (χ1) is 11.0. The summed E-state index contributed by atoms with van der Waals surface area (Å²) in [6.45, 7) is 4.46. The van der Waals surface area contributed by atoms with E-state index in [1.807, 2.05) is 13.2 Å². The first-order valence-electron chi connectivity index (χ1n) is 7.94. The molecule has 1 heterocycles. The third-order valence-electron chi connectivity index (χ3n) is 3.29. The molecule has 2 amide bonds. The van der Waals surface area contributed by atoms with Gasteiger partial charge in [0.15, 0.2) is 12.2 Å². The van der Waals surface area contributed by atoms with Crippen molar-refractivity contribution in [3.63, 3.8) is 0 Å². The average molecular weight is 346 g/mol. The van der Waals surface area contributed by atoms with Crippen LogP contribution in [0.25, 0.3) is 0 Å². The Hall–Kier alpha value is -1.28. The Morgan fingerprint density at radius 1 is 1.26 bits per heavy atom. The molecule has 0 saturated carbocycles. The van der Waals surface area contributed by atoms with Crippen molar-refractivity contribution in [1.29, 1.82) is 0 Å². The number of amides is 2. The minimum Gasteiger partial charge on any atom is -0.464 e. The number of ether oxygens (including phenoxy) is 2. The van der Waals surface area contributed by atoms with E-state index in [2.05, 4.69) is 10.6 Å². The molecule has 23 heavy (non-hydrogen) atoms. The van der Waals surface area contributed by atoms with Crippen molar-refractivity contribution in [1.82, 2.24) is 10.6 Å². The van der Waals surface area contributed by atoms with Gasteiger partial charge in [-0.1, -0.05) is 6.92 Å². The van der Waals surface area contributed by atoms with Crippen LogP contribution in [-0.2, 0) is 23.9 Å². The van der Waals surface area contributed by atoms with E-state index in [1.165, 1.54) is 0 Å². The summed E-state index contributed by atoms with van der Waals surface area (Å²) in [4.78, 5) is 35.7. The summed E-state index contributed by atoms with van der Waals surface area (Å²) in [5.74, 6) is -0.265. The predicted octanol–water partition coefficient (Wildman–Crippen LogP) is 0.471. The van der Waals surface area contributed by atoms with Crippen LogP contribution in [0, 0.1) is 0 Å². The van der Waals surface area contributed by atoms with Crippen molar-refractivity contribution >= 4 is 29.5 Å². The summed E-state index contributed by atoms with van der Waals surface area (Å²) >= 11 is 1.69. The maximum atomic E-state index is 12.1. The predicted molar refractivity (Wildman–Crippen MR) is 88.1 cm³/mol. The normalized spacial score (nSPS) is 20.5. The fourth-order valence-electron chi connectivity index (χ4n) is 2.04. The van der Waals surface area contributed by atoms with Crippen molar-refractivity contribution in [3.8, 4) is 0 Å². The lowest BCUT2D eigenvalue weighted by molar-refractivity contribution is -0.144. The summed E-state index contributed by atoms with van der Waals surface area (Å²) in [7, 11) is 0. The molecule has 3 atom stereocenters. The molecule has 1 rings (SSSR count). The molecule has 2 N–H and O–H groups in total. The van der Waals surface area contributed by atoms with Gasteiger partial charge >= 0.3 is 5.97 Å². The highest BCUT2D eigenvalue weighted by atomic mass is 32.2. The second kappa shape index (κ2) is 10.5. The average Bonchev–Trinajstić information content (AvgIpc) is 3.32. The first-order valence-corrected chi connectivity index (χ1v) is 9.33. The molecule has 1 aliphatic rings. The highest BCUT2D eigenvalue weighted by Gasteiger charge is 2.52. The molecule has 0 spiro atoms. The van der Waals surface area contributed by atoms with Crippen LogP contribution in [0.3, 0.4) is 0 Å². The molecule has 1 saturated heterocycles. The maximum Gasteiger partial charge on any atom is 0.338 e. The largest absolute Gasteiger partial charge is 0.464 e. The van der Waals surface area contributed by atoms with Crippen molar-refractivity contribution < 1.29 is 23.9 Å². The van der Waals surface area contributed by atoms with Gasteiger partial charge in [-0.25, -0.2) is 4.79 Å². The molecule has 0 unspecified atom stereocenters. The molecular formula is C15H26N2O5S. The van der Waals surface area contributed by atoms with Crippen molar-refractivity contribution in [2.75, 3.05) is 25.2 Å². The number of rotatable bonds is 11. The lowest BCUT2D eigenvalue weighted by Crippen LogP contribution is -2.48. The van der Waals surface area contributed by atoms with E-state index in [-0.39, 0.29) is 12.5 Å². The van der Waals surface area contributed by atoms with Crippen LogP contribution < -0.4 is 10.6 Å². The molecular weight excluding hydrogens is 320 g/mol. The van der Waals surface area contributed by atoms with Gasteiger partial charge in [-0.15, -0.1) is 0 Å². The molecule has 8 heteroatoms. The lowest BCUT2D eigenvalue weighted by Gasteiger charge is -2.17. The third-order valence-corrected chi connectivity index (χ3v) is 3.99. The van der Waals surface area contributed by atoms with Gasteiger partial charge in [0.2, 0.25) is 5.91 Å². The molecule has 0 bridgehead atoms. The van der Waals surface area contributed by atoms with Crippen LogP contribution >= 0.6 is 11.8 Å². The van der Waals surface area contributed by atoms with Gasteiger partial charge in [0.1, 0.15) is 6.04 Å². The van der Waals surface area contributed by atoms with E-state index < -0.39 is 30.1 Å². The molecule has 0 aromatic rings. The van der Waals surface area contributed by atoms with Crippen LogP contribution in [-0.4, -0.2) is 61.2 Å². The van der Waals surface area contributed by atoms with Gasteiger partial charge in [0.25, 0.3) is 5.91 Å². The number of hydrogen-bond donors (Lipinski definition) is 2. The molecule has 7 nitrogen and oxygen atoms in total. The van der Waals surface area contributed by atoms with E-state index in [0.29, 0.717) is 13.0 Å². The van der Waals surface area contributed by atoms with Crippen LogP contribution in [0.4, 0.5) is 0 Å². The van der Waals surface area contributed by atoms with Crippen LogP contribution in [0.5, 0.6) is 0 Å². The molecule has 0 aliphatic carbocycles. The number of hydrogen-bond acceptors (Lipinski definition) is 6. The number of thioether (sulfide) groups is 1. The highest BCUT2D eigenvalue weighted by Crippen LogP contribution is 2.24. The molecule has 0 radical (unpaired) electrons. The minimum absolute atomic E-state index is 0.199. The summed E-state index contributed by atoms with van der Waals surface area (Å²) in [6.07, 6.45) is 2.49. The van der Waals surface area contributed by atoms with Crippen LogP contribution in [0.1, 0.15) is 33.1 Å². The Morgan fingerprint density at radius 2 is 2.00 bits per heavy atom. The van der Waals surface area contributed by atoms with E-state index in [0.717, 1.165) is 18.6 Å². The Morgan fingerprint density at radius 3 is 2.61 bits per heavy atom. The van der Waals surface area contributed by atoms with E-state index in [4.69, 9.17) is 9.47 Å². The zero-order chi connectivity index (χ0) is 17.2. The lowest BCUT2D eigenvalue weighted by atomic mass is 10.1. The first kappa shape index (κ1) is 19.8. The molecule has 1 aliphatic heterocycles. The van der Waals surface area contributed by atoms with Gasteiger partial charge in [-0.3, -0.25) is 9.59 Å². The third kappa shape index (κ3) is 6.78. The molecule has 0 aromatic heterocycles. The van der Waals surface area contributed by atoms with Crippen LogP contribution in [0.2, 0.25) is 0 Å². The highest BCUT2D eigenvalue weighted by molar-refractivity contribution is 7.98. The van der Waals surface area contributed by atoms with Gasteiger partial charge in [0.05, 0.1) is 6.61 Å². The minimum atomic E-state index is -0.851. The van der Waals surface area contributed by atoms with Gasteiger partial charge in [-0.2, -0.15) is 11.8 Å². The fraction of sp³-hybridized carbons (Fsp3) is 0.800.